The summed E-state index contributed by atoms with van der Waals surface area (Å²) in [4.78, 5) is 0. The van der Waals surface area contributed by atoms with E-state index in [0.29, 0.717) is 24.7 Å². The molecule has 0 aromatic heterocycles. The third kappa shape index (κ3) is 3.66. The number of rotatable bonds is 5. The number of hydrogen-bond acceptors (Lipinski definition) is 3. The molecule has 94 valence electrons. The Hall–Kier alpha value is -2.23. The highest BCUT2D eigenvalue weighted by Crippen LogP contribution is 2.13. The Morgan fingerprint density at radius 2 is 1.22 bits per heavy atom. The highest BCUT2D eigenvalue weighted by molar-refractivity contribution is 5.41. The molecule has 0 radical (unpaired) electrons. The van der Waals surface area contributed by atoms with Crippen molar-refractivity contribution in [2.45, 2.75) is 0 Å². The van der Waals surface area contributed by atoms with Gasteiger partial charge in [0.2, 0.25) is 0 Å². The molecule has 4 heteroatoms. The van der Waals surface area contributed by atoms with E-state index in [2.05, 4.69) is 0 Å². The van der Waals surface area contributed by atoms with E-state index in [1.54, 1.807) is 36.4 Å². The second kappa shape index (κ2) is 5.91. The molecular formula is C14H14FNO2. The number of nitrogen functional groups attached to an aromatic ring is 1. The van der Waals surface area contributed by atoms with Gasteiger partial charge in [0.25, 0.3) is 0 Å². The van der Waals surface area contributed by atoms with Crippen LogP contribution < -0.4 is 15.2 Å². The van der Waals surface area contributed by atoms with Crippen molar-refractivity contribution >= 4 is 5.69 Å². The average Bonchev–Trinajstić information content (AvgIpc) is 2.39. The van der Waals surface area contributed by atoms with E-state index >= 15 is 0 Å². The SMILES string of the molecule is Nc1ccc(OCCOc2ccc(F)cc2)cc1. The van der Waals surface area contributed by atoms with Gasteiger partial charge in [0.15, 0.2) is 0 Å². The quantitative estimate of drug-likeness (QED) is 0.652. The molecular weight excluding hydrogens is 233 g/mol. The summed E-state index contributed by atoms with van der Waals surface area (Å²) in [6.45, 7) is 0.817. The van der Waals surface area contributed by atoms with Crippen LogP contribution in [-0.2, 0) is 0 Å². The molecule has 2 N–H and O–H groups in total. The number of nitrogens with two attached hydrogens (primary N) is 1. The standard InChI is InChI=1S/C14H14FNO2/c15-11-1-5-13(6-2-11)17-9-10-18-14-7-3-12(16)4-8-14/h1-8H,9-10,16H2. The first-order valence-corrected chi connectivity index (χ1v) is 5.61. The van der Waals surface area contributed by atoms with E-state index in [9.17, 15) is 4.39 Å². The summed E-state index contributed by atoms with van der Waals surface area (Å²) in [5.41, 5.74) is 6.26. The molecule has 18 heavy (non-hydrogen) atoms. The Morgan fingerprint density at radius 1 is 0.778 bits per heavy atom. The zero-order valence-electron chi connectivity index (χ0n) is 9.80. The third-order valence-corrected chi connectivity index (χ3v) is 2.31. The van der Waals surface area contributed by atoms with E-state index in [1.165, 1.54) is 12.1 Å². The molecule has 0 amide bonds. The maximum atomic E-state index is 12.6. The predicted molar refractivity (Wildman–Crippen MR) is 68.2 cm³/mol. The number of halogens is 1. The molecule has 2 aromatic carbocycles. The molecule has 0 saturated heterocycles. The van der Waals surface area contributed by atoms with E-state index < -0.39 is 0 Å². The number of anilines is 1. The first-order valence-electron chi connectivity index (χ1n) is 5.61. The van der Waals surface area contributed by atoms with Gasteiger partial charge >= 0.3 is 0 Å². The molecule has 0 saturated carbocycles. The van der Waals surface area contributed by atoms with Crippen LogP contribution in [0.5, 0.6) is 11.5 Å². The molecule has 0 aliphatic carbocycles. The molecule has 0 aliphatic heterocycles. The Kier molecular flexibility index (Phi) is 4.02. The van der Waals surface area contributed by atoms with Gasteiger partial charge in [0.05, 0.1) is 0 Å². The summed E-state index contributed by atoms with van der Waals surface area (Å²) in [7, 11) is 0. The fourth-order valence-corrected chi connectivity index (χ4v) is 1.41. The van der Waals surface area contributed by atoms with Gasteiger partial charge in [-0.3, -0.25) is 0 Å². The van der Waals surface area contributed by atoms with Crippen LogP contribution in [0.1, 0.15) is 0 Å². The molecule has 0 spiro atoms. The van der Waals surface area contributed by atoms with Crippen LogP contribution in [-0.4, -0.2) is 13.2 Å². The second-order valence-corrected chi connectivity index (χ2v) is 3.72. The highest BCUT2D eigenvalue weighted by Gasteiger charge is 1.96. The topological polar surface area (TPSA) is 44.5 Å². The van der Waals surface area contributed by atoms with E-state index in [-0.39, 0.29) is 5.82 Å². The lowest BCUT2D eigenvalue weighted by Gasteiger charge is -2.08. The molecule has 2 rings (SSSR count). The van der Waals surface area contributed by atoms with Gasteiger partial charge < -0.3 is 15.2 Å². The fraction of sp³-hybridized carbons (Fsp3) is 0.143. The highest BCUT2D eigenvalue weighted by atomic mass is 19.1. The van der Waals surface area contributed by atoms with Crippen LogP contribution >= 0.6 is 0 Å². The smallest absolute Gasteiger partial charge is 0.123 e. The zero-order chi connectivity index (χ0) is 12.8. The normalized spacial score (nSPS) is 10.1. The summed E-state index contributed by atoms with van der Waals surface area (Å²) in [6, 6.07) is 13.0. The van der Waals surface area contributed by atoms with Crippen LogP contribution in [0.3, 0.4) is 0 Å². The zero-order valence-corrected chi connectivity index (χ0v) is 9.80. The first kappa shape index (κ1) is 12.2. The molecule has 2 aromatic rings. The Bertz CT molecular complexity index is 435. The summed E-state index contributed by atoms with van der Waals surface area (Å²) < 4.78 is 23.5. The Labute approximate surface area is 105 Å². The minimum absolute atomic E-state index is 0.277. The average molecular weight is 247 g/mol. The summed E-state index contributed by atoms with van der Waals surface area (Å²) in [6.07, 6.45) is 0. The second-order valence-electron chi connectivity index (χ2n) is 3.72. The molecule has 0 aliphatic rings. The van der Waals surface area contributed by atoms with Gasteiger partial charge in [-0.05, 0) is 48.5 Å². The number of benzene rings is 2. The van der Waals surface area contributed by atoms with E-state index in [1.807, 2.05) is 0 Å². The van der Waals surface area contributed by atoms with Gasteiger partial charge in [-0.15, -0.1) is 0 Å². The molecule has 0 bridgehead atoms. The minimum atomic E-state index is -0.277. The van der Waals surface area contributed by atoms with Gasteiger partial charge in [-0.1, -0.05) is 0 Å². The molecule has 0 heterocycles. The minimum Gasteiger partial charge on any atom is -0.490 e. The van der Waals surface area contributed by atoms with Crippen molar-refractivity contribution in [1.29, 1.82) is 0 Å². The number of hydrogen-bond donors (Lipinski definition) is 1. The molecule has 0 atom stereocenters. The summed E-state index contributed by atoms with van der Waals surface area (Å²) in [5.74, 6) is 1.09. The van der Waals surface area contributed by atoms with Crippen LogP contribution in [0.25, 0.3) is 0 Å². The maximum Gasteiger partial charge on any atom is 0.123 e. The van der Waals surface area contributed by atoms with Gasteiger partial charge in [-0.25, -0.2) is 4.39 Å². The van der Waals surface area contributed by atoms with Crippen molar-refractivity contribution in [3.8, 4) is 11.5 Å². The van der Waals surface area contributed by atoms with E-state index in [4.69, 9.17) is 15.2 Å². The lowest BCUT2D eigenvalue weighted by atomic mass is 10.3. The maximum absolute atomic E-state index is 12.6. The fourth-order valence-electron chi connectivity index (χ4n) is 1.41. The van der Waals surface area contributed by atoms with Crippen molar-refractivity contribution in [2.24, 2.45) is 0 Å². The number of ether oxygens (including phenoxy) is 2. The van der Waals surface area contributed by atoms with Gasteiger partial charge in [0.1, 0.15) is 30.5 Å². The lowest BCUT2D eigenvalue weighted by Crippen LogP contribution is -2.08. The van der Waals surface area contributed by atoms with Gasteiger partial charge in [-0.2, -0.15) is 0 Å². The van der Waals surface area contributed by atoms with Crippen LogP contribution in [0.4, 0.5) is 10.1 Å². The van der Waals surface area contributed by atoms with E-state index in [0.717, 1.165) is 5.75 Å². The van der Waals surface area contributed by atoms with Crippen molar-refractivity contribution < 1.29 is 13.9 Å². The van der Waals surface area contributed by atoms with Crippen molar-refractivity contribution in [2.75, 3.05) is 18.9 Å². The Balaban J connectivity index is 1.73. The predicted octanol–water partition coefficient (Wildman–Crippen LogP) is 2.87. The largest absolute Gasteiger partial charge is 0.490 e. The van der Waals surface area contributed by atoms with Crippen molar-refractivity contribution in [3.63, 3.8) is 0 Å². The summed E-state index contributed by atoms with van der Waals surface area (Å²) in [5, 5.41) is 0. The first-order chi connectivity index (χ1) is 8.74. The van der Waals surface area contributed by atoms with Crippen LogP contribution in [0.2, 0.25) is 0 Å². The lowest BCUT2D eigenvalue weighted by molar-refractivity contribution is 0.217. The van der Waals surface area contributed by atoms with Crippen molar-refractivity contribution in [1.82, 2.24) is 0 Å². The molecule has 0 unspecified atom stereocenters. The van der Waals surface area contributed by atoms with Crippen molar-refractivity contribution in [3.05, 3.63) is 54.3 Å². The van der Waals surface area contributed by atoms with Gasteiger partial charge in [0, 0.05) is 5.69 Å². The third-order valence-electron chi connectivity index (χ3n) is 2.31. The Morgan fingerprint density at radius 3 is 1.72 bits per heavy atom. The monoisotopic (exact) mass is 247 g/mol. The molecule has 0 fully saturated rings. The van der Waals surface area contributed by atoms with Crippen LogP contribution in [0, 0.1) is 5.82 Å². The molecule has 3 nitrogen and oxygen atoms in total. The summed E-state index contributed by atoms with van der Waals surface area (Å²) >= 11 is 0. The van der Waals surface area contributed by atoms with Crippen LogP contribution in [0.15, 0.2) is 48.5 Å².